The third-order valence-corrected chi connectivity index (χ3v) is 4.29. The summed E-state index contributed by atoms with van der Waals surface area (Å²) in [4.78, 5) is 4.72. The fourth-order valence-corrected chi connectivity index (χ4v) is 2.89. The molecule has 0 bridgehead atoms. The Balaban J connectivity index is 1.94. The molecule has 0 saturated heterocycles. The minimum Gasteiger partial charge on any atom is -0.378 e. The second kappa shape index (κ2) is 11.4. The van der Waals surface area contributed by atoms with E-state index in [0.29, 0.717) is 12.5 Å². The van der Waals surface area contributed by atoms with Gasteiger partial charge in [0.2, 0.25) is 0 Å². The highest BCUT2D eigenvalue weighted by Crippen LogP contribution is 2.11. The highest BCUT2D eigenvalue weighted by atomic mass is 16.5. The Morgan fingerprint density at radius 1 is 1.22 bits per heavy atom. The summed E-state index contributed by atoms with van der Waals surface area (Å²) in [5.74, 6) is 1.34. The van der Waals surface area contributed by atoms with Crippen LogP contribution in [-0.2, 0) is 11.3 Å². The molecule has 6 heteroatoms. The monoisotopic (exact) mass is 371 g/mol. The van der Waals surface area contributed by atoms with Crippen LogP contribution in [0.25, 0.3) is 5.69 Å². The molecule has 1 heterocycles. The first-order chi connectivity index (χ1) is 13.1. The van der Waals surface area contributed by atoms with Gasteiger partial charge in [-0.15, -0.1) is 0 Å². The Kier molecular flexibility index (Phi) is 8.84. The predicted molar refractivity (Wildman–Crippen MR) is 111 cm³/mol. The maximum Gasteiger partial charge on any atom is 0.191 e. The van der Waals surface area contributed by atoms with Crippen molar-refractivity contribution in [2.75, 3.05) is 19.7 Å². The van der Waals surface area contributed by atoms with Crippen LogP contribution >= 0.6 is 0 Å². The van der Waals surface area contributed by atoms with Gasteiger partial charge in [0.1, 0.15) is 0 Å². The number of rotatable bonds is 10. The molecule has 148 valence electrons. The average molecular weight is 372 g/mol. The van der Waals surface area contributed by atoms with Crippen molar-refractivity contribution < 1.29 is 4.74 Å². The zero-order valence-electron chi connectivity index (χ0n) is 17.0. The molecule has 0 amide bonds. The number of aromatic nitrogens is 2. The largest absolute Gasteiger partial charge is 0.378 e. The summed E-state index contributed by atoms with van der Waals surface area (Å²) >= 11 is 0. The minimum absolute atomic E-state index is 0.274. The summed E-state index contributed by atoms with van der Waals surface area (Å²) in [5.41, 5.74) is 2.19. The molecule has 2 rings (SSSR count). The summed E-state index contributed by atoms with van der Waals surface area (Å²) in [7, 11) is 0. The number of guanidine groups is 1. The average Bonchev–Trinajstić information content (AvgIpc) is 3.20. The number of benzene rings is 1. The van der Waals surface area contributed by atoms with Gasteiger partial charge < -0.3 is 15.4 Å². The van der Waals surface area contributed by atoms with Crippen LogP contribution < -0.4 is 10.6 Å². The number of ether oxygens (including phenoxy) is 1. The summed E-state index contributed by atoms with van der Waals surface area (Å²) in [6.45, 7) is 11.6. The van der Waals surface area contributed by atoms with Crippen LogP contribution in [0.1, 0.15) is 39.7 Å². The zero-order chi connectivity index (χ0) is 19.5. The fraction of sp³-hybridized carbons (Fsp3) is 0.524. The van der Waals surface area contributed by atoms with Gasteiger partial charge in [0.05, 0.1) is 18.3 Å². The van der Waals surface area contributed by atoms with Crippen molar-refractivity contribution >= 4 is 5.96 Å². The lowest BCUT2D eigenvalue weighted by Crippen LogP contribution is -2.39. The quantitative estimate of drug-likeness (QED) is 0.496. The van der Waals surface area contributed by atoms with Gasteiger partial charge in [-0.1, -0.05) is 26.0 Å². The molecule has 0 aliphatic heterocycles. The summed E-state index contributed by atoms with van der Waals surface area (Å²) in [6, 6.07) is 10.2. The van der Waals surface area contributed by atoms with Crippen LogP contribution in [-0.4, -0.2) is 41.5 Å². The molecule has 0 radical (unpaired) electrons. The molecule has 2 N–H and O–H groups in total. The molecule has 1 aromatic carbocycles. The van der Waals surface area contributed by atoms with Crippen LogP contribution in [0.2, 0.25) is 0 Å². The van der Waals surface area contributed by atoms with Gasteiger partial charge >= 0.3 is 0 Å². The smallest absolute Gasteiger partial charge is 0.191 e. The first kappa shape index (κ1) is 21.0. The Morgan fingerprint density at radius 3 is 2.74 bits per heavy atom. The Labute approximate surface area is 163 Å². The van der Waals surface area contributed by atoms with Gasteiger partial charge in [0.15, 0.2) is 5.96 Å². The van der Waals surface area contributed by atoms with Crippen LogP contribution in [0.15, 0.2) is 47.7 Å². The van der Waals surface area contributed by atoms with Crippen LogP contribution in [0.3, 0.4) is 0 Å². The fourth-order valence-electron chi connectivity index (χ4n) is 2.89. The lowest BCUT2D eigenvalue weighted by molar-refractivity contribution is 0.0258. The molecule has 0 spiro atoms. The van der Waals surface area contributed by atoms with Crippen molar-refractivity contribution in [3.8, 4) is 5.69 Å². The molecule has 2 aromatic rings. The molecule has 0 aliphatic rings. The van der Waals surface area contributed by atoms with Crippen molar-refractivity contribution in [2.45, 2.75) is 46.8 Å². The van der Waals surface area contributed by atoms with E-state index in [1.807, 2.05) is 36.0 Å². The number of hydrogen-bond acceptors (Lipinski definition) is 3. The van der Waals surface area contributed by atoms with E-state index in [1.54, 1.807) is 6.20 Å². The second-order valence-corrected chi connectivity index (χ2v) is 6.77. The number of hydrogen-bond donors (Lipinski definition) is 2. The zero-order valence-corrected chi connectivity index (χ0v) is 17.0. The number of nitrogens with zero attached hydrogens (tertiary/aromatic N) is 3. The van der Waals surface area contributed by atoms with Crippen molar-refractivity contribution in [3.05, 3.63) is 48.3 Å². The van der Waals surface area contributed by atoms with Crippen molar-refractivity contribution in [1.82, 2.24) is 20.4 Å². The lowest BCUT2D eigenvalue weighted by atomic mass is 10.0. The van der Waals surface area contributed by atoms with Crippen molar-refractivity contribution in [1.29, 1.82) is 0 Å². The van der Waals surface area contributed by atoms with Gasteiger partial charge in [0, 0.05) is 32.1 Å². The number of nitrogens with one attached hydrogen (secondary N) is 2. The Morgan fingerprint density at radius 2 is 2.07 bits per heavy atom. The maximum atomic E-state index is 5.81. The minimum atomic E-state index is 0.274. The standard InChI is InChI=1S/C21H33N5O/c1-5-22-21(23-13-11-20(17(3)4)27-6-2)24-16-18-9-7-10-19(15-18)26-14-8-12-25-26/h7-10,12,14-15,17,20H,5-6,11,13,16H2,1-4H3,(H2,22,23,24). The summed E-state index contributed by atoms with van der Waals surface area (Å²) in [6.07, 6.45) is 4.96. The Hall–Kier alpha value is -2.34. The molecule has 0 aliphatic carbocycles. The van der Waals surface area contributed by atoms with Gasteiger partial charge in [-0.25, -0.2) is 9.67 Å². The predicted octanol–water partition coefficient (Wildman–Crippen LogP) is 3.38. The van der Waals surface area contributed by atoms with Gasteiger partial charge in [-0.3, -0.25) is 0 Å². The lowest BCUT2D eigenvalue weighted by Gasteiger charge is -2.21. The highest BCUT2D eigenvalue weighted by Gasteiger charge is 2.12. The van der Waals surface area contributed by atoms with E-state index >= 15 is 0 Å². The first-order valence-electron chi connectivity index (χ1n) is 9.86. The molecular formula is C21H33N5O. The van der Waals surface area contributed by atoms with Crippen LogP contribution in [0.4, 0.5) is 0 Å². The van der Waals surface area contributed by atoms with E-state index in [-0.39, 0.29) is 6.10 Å². The highest BCUT2D eigenvalue weighted by molar-refractivity contribution is 5.79. The molecular weight excluding hydrogens is 338 g/mol. The normalized spacial score (nSPS) is 13.0. The van der Waals surface area contributed by atoms with Crippen LogP contribution in [0.5, 0.6) is 0 Å². The van der Waals surface area contributed by atoms with E-state index in [1.165, 1.54) is 0 Å². The van der Waals surface area contributed by atoms with Crippen molar-refractivity contribution in [2.24, 2.45) is 10.9 Å². The van der Waals surface area contributed by atoms with Gasteiger partial charge in [-0.2, -0.15) is 5.10 Å². The van der Waals surface area contributed by atoms with Crippen molar-refractivity contribution in [3.63, 3.8) is 0 Å². The number of aliphatic imine (C=N–C) groups is 1. The van der Waals surface area contributed by atoms with E-state index in [0.717, 1.165) is 43.3 Å². The molecule has 1 aromatic heterocycles. The summed E-state index contributed by atoms with van der Waals surface area (Å²) in [5, 5.41) is 11.0. The second-order valence-electron chi connectivity index (χ2n) is 6.77. The molecule has 27 heavy (non-hydrogen) atoms. The van der Waals surface area contributed by atoms with E-state index in [9.17, 15) is 0 Å². The molecule has 1 atom stereocenters. The third kappa shape index (κ3) is 7.06. The topological polar surface area (TPSA) is 63.5 Å². The molecule has 6 nitrogen and oxygen atoms in total. The van der Waals surface area contributed by atoms with Crippen LogP contribution in [0, 0.1) is 5.92 Å². The molecule has 0 saturated carbocycles. The molecule has 1 unspecified atom stereocenters. The van der Waals surface area contributed by atoms with E-state index < -0.39 is 0 Å². The van der Waals surface area contributed by atoms with E-state index in [2.05, 4.69) is 48.6 Å². The summed E-state index contributed by atoms with van der Waals surface area (Å²) < 4.78 is 7.67. The van der Waals surface area contributed by atoms with Gasteiger partial charge in [0.25, 0.3) is 0 Å². The first-order valence-corrected chi connectivity index (χ1v) is 9.86. The van der Waals surface area contributed by atoms with Gasteiger partial charge in [-0.05, 0) is 49.9 Å². The Bertz CT molecular complexity index is 682. The van der Waals surface area contributed by atoms with E-state index in [4.69, 9.17) is 9.73 Å². The third-order valence-electron chi connectivity index (χ3n) is 4.29. The SMILES string of the molecule is CCNC(=NCc1cccc(-n2cccn2)c1)NCCC(OCC)C(C)C. The molecule has 0 fully saturated rings. The maximum absolute atomic E-state index is 5.81.